The number of rotatable bonds is 7. The fourth-order valence-corrected chi connectivity index (χ4v) is 2.96. The van der Waals surface area contributed by atoms with Crippen molar-refractivity contribution in [1.82, 2.24) is 5.32 Å². The summed E-state index contributed by atoms with van der Waals surface area (Å²) in [7, 11) is 0. The maximum atomic E-state index is 5.98. The molecule has 112 valence electrons. The standard InChI is InChI=1S/C16H24BrNO2/c1-3-18-12(2)15-11-13(17)6-7-16(15)20-10-8-14-5-4-9-19-14/h6-7,11-12,14,18H,3-5,8-10H2,1-2H3. The van der Waals surface area contributed by atoms with E-state index in [0.29, 0.717) is 6.10 Å². The topological polar surface area (TPSA) is 30.5 Å². The number of halogens is 1. The van der Waals surface area contributed by atoms with Gasteiger partial charge in [0.25, 0.3) is 0 Å². The molecule has 0 bridgehead atoms. The molecule has 0 amide bonds. The van der Waals surface area contributed by atoms with Crippen molar-refractivity contribution in [3.05, 3.63) is 28.2 Å². The van der Waals surface area contributed by atoms with Gasteiger partial charge < -0.3 is 14.8 Å². The molecule has 20 heavy (non-hydrogen) atoms. The van der Waals surface area contributed by atoms with Crippen LogP contribution in [0.2, 0.25) is 0 Å². The molecule has 2 unspecified atom stereocenters. The molecule has 1 heterocycles. The smallest absolute Gasteiger partial charge is 0.124 e. The molecule has 1 aromatic carbocycles. The maximum absolute atomic E-state index is 5.98. The Balaban J connectivity index is 1.94. The molecule has 2 atom stereocenters. The quantitative estimate of drug-likeness (QED) is 0.810. The van der Waals surface area contributed by atoms with Crippen LogP contribution in [0.25, 0.3) is 0 Å². The van der Waals surface area contributed by atoms with Crippen LogP contribution in [0.5, 0.6) is 5.75 Å². The summed E-state index contributed by atoms with van der Waals surface area (Å²) in [6, 6.07) is 6.50. The Morgan fingerprint density at radius 1 is 1.50 bits per heavy atom. The van der Waals surface area contributed by atoms with Crippen LogP contribution in [-0.2, 0) is 4.74 Å². The Bertz CT molecular complexity index is 419. The maximum Gasteiger partial charge on any atom is 0.124 e. The average Bonchev–Trinajstić information content (AvgIpc) is 2.94. The van der Waals surface area contributed by atoms with E-state index in [-0.39, 0.29) is 6.04 Å². The van der Waals surface area contributed by atoms with Gasteiger partial charge in [-0.05, 0) is 44.5 Å². The summed E-state index contributed by atoms with van der Waals surface area (Å²) in [6.07, 6.45) is 3.72. The highest BCUT2D eigenvalue weighted by Gasteiger charge is 2.16. The molecule has 1 fully saturated rings. The zero-order valence-corrected chi connectivity index (χ0v) is 13.9. The van der Waals surface area contributed by atoms with Crippen LogP contribution >= 0.6 is 15.9 Å². The Hall–Kier alpha value is -0.580. The van der Waals surface area contributed by atoms with Gasteiger partial charge in [0.1, 0.15) is 5.75 Å². The monoisotopic (exact) mass is 341 g/mol. The fraction of sp³-hybridized carbons (Fsp3) is 0.625. The summed E-state index contributed by atoms with van der Waals surface area (Å²) < 4.78 is 12.7. The third-order valence-electron chi connectivity index (χ3n) is 3.67. The second kappa shape index (κ2) is 8.01. The summed E-state index contributed by atoms with van der Waals surface area (Å²) >= 11 is 3.53. The number of ether oxygens (including phenoxy) is 2. The average molecular weight is 342 g/mol. The summed E-state index contributed by atoms with van der Waals surface area (Å²) in [5, 5.41) is 3.44. The van der Waals surface area contributed by atoms with E-state index in [1.807, 2.05) is 12.1 Å². The van der Waals surface area contributed by atoms with Gasteiger partial charge >= 0.3 is 0 Å². The summed E-state index contributed by atoms with van der Waals surface area (Å²) in [4.78, 5) is 0. The van der Waals surface area contributed by atoms with Gasteiger partial charge in [0.15, 0.2) is 0 Å². The third kappa shape index (κ3) is 4.47. The van der Waals surface area contributed by atoms with E-state index in [2.05, 4.69) is 41.2 Å². The lowest BCUT2D eigenvalue weighted by Gasteiger charge is -2.19. The van der Waals surface area contributed by atoms with Gasteiger partial charge in [-0.25, -0.2) is 0 Å². The van der Waals surface area contributed by atoms with E-state index in [1.165, 1.54) is 18.4 Å². The third-order valence-corrected chi connectivity index (χ3v) is 4.16. The Morgan fingerprint density at radius 3 is 3.05 bits per heavy atom. The number of hydrogen-bond donors (Lipinski definition) is 1. The lowest BCUT2D eigenvalue weighted by atomic mass is 10.1. The molecule has 2 rings (SSSR count). The van der Waals surface area contributed by atoms with Gasteiger partial charge in [-0.3, -0.25) is 0 Å². The van der Waals surface area contributed by atoms with E-state index >= 15 is 0 Å². The van der Waals surface area contributed by atoms with Crippen LogP contribution in [0.15, 0.2) is 22.7 Å². The molecule has 1 aromatic rings. The van der Waals surface area contributed by atoms with Crippen molar-refractivity contribution < 1.29 is 9.47 Å². The van der Waals surface area contributed by atoms with E-state index in [4.69, 9.17) is 9.47 Å². The van der Waals surface area contributed by atoms with E-state index < -0.39 is 0 Å². The zero-order chi connectivity index (χ0) is 14.4. The second-order valence-electron chi connectivity index (χ2n) is 5.23. The van der Waals surface area contributed by atoms with E-state index in [9.17, 15) is 0 Å². The molecule has 0 saturated carbocycles. The summed E-state index contributed by atoms with van der Waals surface area (Å²) in [5.74, 6) is 0.972. The highest BCUT2D eigenvalue weighted by molar-refractivity contribution is 9.10. The summed E-state index contributed by atoms with van der Waals surface area (Å²) in [5.41, 5.74) is 1.20. The summed E-state index contributed by atoms with van der Waals surface area (Å²) in [6.45, 7) is 6.86. The SMILES string of the molecule is CCNC(C)c1cc(Br)ccc1OCCC1CCCO1. The molecule has 1 N–H and O–H groups in total. The molecular weight excluding hydrogens is 318 g/mol. The fourth-order valence-electron chi connectivity index (χ4n) is 2.58. The Labute approximate surface area is 130 Å². The molecule has 0 radical (unpaired) electrons. The molecule has 0 aromatic heterocycles. The first-order valence-electron chi connectivity index (χ1n) is 7.48. The van der Waals surface area contributed by atoms with Gasteiger partial charge in [-0.1, -0.05) is 22.9 Å². The largest absolute Gasteiger partial charge is 0.493 e. The molecule has 0 spiro atoms. The minimum Gasteiger partial charge on any atom is -0.493 e. The molecule has 1 saturated heterocycles. The van der Waals surface area contributed by atoms with E-state index in [1.54, 1.807) is 0 Å². The normalized spacial score (nSPS) is 20.1. The van der Waals surface area contributed by atoms with Crippen molar-refractivity contribution in [2.45, 2.75) is 45.3 Å². The molecule has 0 aliphatic carbocycles. The van der Waals surface area contributed by atoms with Gasteiger partial charge in [0, 0.05) is 29.1 Å². The van der Waals surface area contributed by atoms with Crippen LogP contribution in [0.1, 0.15) is 44.7 Å². The van der Waals surface area contributed by atoms with Crippen molar-refractivity contribution in [3.8, 4) is 5.75 Å². The zero-order valence-electron chi connectivity index (χ0n) is 12.3. The van der Waals surface area contributed by atoms with Gasteiger partial charge in [-0.15, -0.1) is 0 Å². The van der Waals surface area contributed by atoms with Crippen molar-refractivity contribution in [2.24, 2.45) is 0 Å². The molecular formula is C16H24BrNO2. The highest BCUT2D eigenvalue weighted by Crippen LogP contribution is 2.29. The first-order valence-corrected chi connectivity index (χ1v) is 8.27. The van der Waals surface area contributed by atoms with Crippen molar-refractivity contribution in [3.63, 3.8) is 0 Å². The van der Waals surface area contributed by atoms with Crippen molar-refractivity contribution in [1.29, 1.82) is 0 Å². The van der Waals surface area contributed by atoms with Gasteiger partial charge in [0.05, 0.1) is 12.7 Å². The van der Waals surface area contributed by atoms with Crippen molar-refractivity contribution >= 4 is 15.9 Å². The van der Waals surface area contributed by atoms with Crippen LogP contribution in [0.3, 0.4) is 0 Å². The first-order chi connectivity index (χ1) is 9.70. The van der Waals surface area contributed by atoms with Crippen LogP contribution in [0, 0.1) is 0 Å². The van der Waals surface area contributed by atoms with Crippen molar-refractivity contribution in [2.75, 3.05) is 19.8 Å². The predicted molar refractivity (Wildman–Crippen MR) is 85.3 cm³/mol. The minimum atomic E-state index is 0.287. The van der Waals surface area contributed by atoms with Crippen LogP contribution in [0.4, 0.5) is 0 Å². The second-order valence-corrected chi connectivity index (χ2v) is 6.15. The van der Waals surface area contributed by atoms with E-state index in [0.717, 1.165) is 36.4 Å². The molecule has 3 nitrogen and oxygen atoms in total. The number of hydrogen-bond acceptors (Lipinski definition) is 3. The first kappa shape index (κ1) is 15.8. The van der Waals surface area contributed by atoms with Crippen LogP contribution < -0.4 is 10.1 Å². The predicted octanol–water partition coefficient (Wildman–Crippen LogP) is 4.07. The molecule has 1 aliphatic heterocycles. The van der Waals surface area contributed by atoms with Gasteiger partial charge in [0.2, 0.25) is 0 Å². The van der Waals surface area contributed by atoms with Crippen LogP contribution in [-0.4, -0.2) is 25.9 Å². The van der Waals surface area contributed by atoms with Gasteiger partial charge in [-0.2, -0.15) is 0 Å². The number of benzene rings is 1. The minimum absolute atomic E-state index is 0.287. The lowest BCUT2D eigenvalue weighted by Crippen LogP contribution is -2.19. The molecule has 1 aliphatic rings. The lowest BCUT2D eigenvalue weighted by molar-refractivity contribution is 0.0901. The molecule has 4 heteroatoms. The Morgan fingerprint density at radius 2 is 2.35 bits per heavy atom. The number of nitrogens with one attached hydrogen (secondary N) is 1. The Kier molecular flexibility index (Phi) is 6.33. The highest BCUT2D eigenvalue weighted by atomic mass is 79.9.